The predicted octanol–water partition coefficient (Wildman–Crippen LogP) is 4.74. The van der Waals surface area contributed by atoms with Crippen molar-refractivity contribution in [2.24, 2.45) is 0 Å². The lowest BCUT2D eigenvalue weighted by molar-refractivity contribution is 0.603. The number of thiophene rings is 1. The van der Waals surface area contributed by atoms with Crippen molar-refractivity contribution in [2.45, 2.75) is 30.9 Å². The highest BCUT2D eigenvalue weighted by Crippen LogP contribution is 2.31. The summed E-state index contributed by atoms with van der Waals surface area (Å²) in [5.74, 6) is 0.359. The van der Waals surface area contributed by atoms with E-state index in [0.717, 1.165) is 14.9 Å². The Morgan fingerprint density at radius 1 is 1.25 bits per heavy atom. The van der Waals surface area contributed by atoms with Crippen molar-refractivity contribution in [1.29, 1.82) is 0 Å². The number of hydrogen-bond acceptors (Lipinski definition) is 3. The summed E-state index contributed by atoms with van der Waals surface area (Å²) in [6, 6.07) is 9.16. The van der Waals surface area contributed by atoms with Crippen molar-refractivity contribution in [2.75, 3.05) is 4.72 Å². The highest BCUT2D eigenvalue weighted by molar-refractivity contribution is 9.11. The molecule has 1 N–H and O–H groups in total. The molecular weight excluding hydrogens is 358 g/mol. The van der Waals surface area contributed by atoms with Crippen LogP contribution in [0.5, 0.6) is 0 Å². The van der Waals surface area contributed by atoms with Crippen molar-refractivity contribution in [3.8, 4) is 0 Å². The van der Waals surface area contributed by atoms with E-state index in [0.29, 0.717) is 15.8 Å². The number of halogens is 1. The zero-order valence-electron chi connectivity index (χ0n) is 11.5. The molecule has 0 aliphatic carbocycles. The lowest BCUT2D eigenvalue weighted by atomic mass is 10.0. The van der Waals surface area contributed by atoms with Crippen molar-refractivity contribution >= 4 is 43.0 Å². The molecule has 108 valence electrons. The Hall–Kier alpha value is -0.850. The zero-order valence-corrected chi connectivity index (χ0v) is 14.7. The van der Waals surface area contributed by atoms with Gasteiger partial charge in [0, 0.05) is 5.69 Å². The fourth-order valence-electron chi connectivity index (χ4n) is 1.73. The molecule has 0 saturated heterocycles. The van der Waals surface area contributed by atoms with E-state index in [-0.39, 0.29) is 0 Å². The van der Waals surface area contributed by atoms with Crippen LogP contribution in [0.2, 0.25) is 0 Å². The molecule has 0 spiro atoms. The first kappa shape index (κ1) is 15.5. The van der Waals surface area contributed by atoms with Gasteiger partial charge < -0.3 is 0 Å². The van der Waals surface area contributed by atoms with Crippen LogP contribution in [0.3, 0.4) is 0 Å². The molecule has 0 aliphatic heterocycles. The van der Waals surface area contributed by atoms with Crippen molar-refractivity contribution in [3.63, 3.8) is 0 Å². The molecule has 0 radical (unpaired) electrons. The first-order chi connectivity index (χ1) is 9.29. The molecule has 20 heavy (non-hydrogen) atoms. The fourth-order valence-corrected chi connectivity index (χ4v) is 5.01. The molecule has 0 fully saturated rings. The average Bonchev–Trinajstić information content (AvgIpc) is 2.70. The number of anilines is 1. The van der Waals surface area contributed by atoms with Gasteiger partial charge in [0.1, 0.15) is 4.21 Å². The van der Waals surface area contributed by atoms with Crippen LogP contribution in [0, 0.1) is 6.92 Å². The first-order valence-electron chi connectivity index (χ1n) is 6.18. The highest BCUT2D eigenvalue weighted by Gasteiger charge is 2.18. The fraction of sp³-hybridized carbons (Fsp3) is 0.286. The van der Waals surface area contributed by atoms with E-state index in [9.17, 15) is 8.42 Å². The number of aryl methyl sites for hydroxylation is 1. The molecule has 2 rings (SSSR count). The van der Waals surface area contributed by atoms with E-state index in [4.69, 9.17) is 0 Å². The second-order valence-corrected chi connectivity index (χ2v) is 9.19. The molecule has 1 heterocycles. The predicted molar refractivity (Wildman–Crippen MR) is 88.1 cm³/mol. The third-order valence-corrected chi connectivity index (χ3v) is 6.90. The zero-order chi connectivity index (χ0) is 14.9. The minimum absolute atomic E-state index is 0.317. The van der Waals surface area contributed by atoms with Crippen LogP contribution in [-0.2, 0) is 10.0 Å². The summed E-state index contributed by atoms with van der Waals surface area (Å²) in [6.07, 6.45) is 0. The Balaban J connectivity index is 2.31. The molecular formula is C14H16BrNO2S2. The van der Waals surface area contributed by atoms with Gasteiger partial charge in [0.15, 0.2) is 0 Å². The molecule has 1 aromatic heterocycles. The normalized spacial score (nSPS) is 11.8. The summed E-state index contributed by atoms with van der Waals surface area (Å²) in [4.78, 5) is 0. The third kappa shape index (κ3) is 3.42. The van der Waals surface area contributed by atoms with Gasteiger partial charge in [-0.25, -0.2) is 8.42 Å². The van der Waals surface area contributed by atoms with E-state index >= 15 is 0 Å². The molecule has 6 heteroatoms. The van der Waals surface area contributed by atoms with Gasteiger partial charge in [-0.2, -0.15) is 0 Å². The number of benzene rings is 1. The Kier molecular flexibility index (Phi) is 4.56. The summed E-state index contributed by atoms with van der Waals surface area (Å²) in [7, 11) is -3.52. The van der Waals surface area contributed by atoms with Crippen molar-refractivity contribution in [1.82, 2.24) is 0 Å². The molecule has 0 atom stereocenters. The second kappa shape index (κ2) is 5.87. The minimum Gasteiger partial charge on any atom is -0.279 e. The number of rotatable bonds is 4. The maximum atomic E-state index is 12.3. The largest absolute Gasteiger partial charge is 0.279 e. The maximum Gasteiger partial charge on any atom is 0.271 e. The summed E-state index contributed by atoms with van der Waals surface area (Å²) in [6.45, 7) is 6.03. The van der Waals surface area contributed by atoms with Gasteiger partial charge in [0.05, 0.1) is 3.79 Å². The van der Waals surface area contributed by atoms with Gasteiger partial charge >= 0.3 is 0 Å². The number of hydrogen-bond donors (Lipinski definition) is 1. The van der Waals surface area contributed by atoms with Gasteiger partial charge in [0.25, 0.3) is 10.0 Å². The summed E-state index contributed by atoms with van der Waals surface area (Å²) >= 11 is 4.57. The van der Waals surface area contributed by atoms with E-state index in [1.165, 1.54) is 11.3 Å². The lowest BCUT2D eigenvalue weighted by Crippen LogP contribution is -2.11. The number of nitrogens with one attached hydrogen (secondary N) is 1. The van der Waals surface area contributed by atoms with Gasteiger partial charge in [0.2, 0.25) is 0 Å². The third-order valence-electron chi connectivity index (χ3n) is 2.90. The standard InChI is InChI=1S/C14H16BrNO2S2/c1-9(2)11-5-4-6-12(8-11)16-20(17,18)13-7-10(3)14(15)19-13/h4-9,16H,1-3H3. The van der Waals surface area contributed by atoms with Crippen LogP contribution in [0.25, 0.3) is 0 Å². The summed E-state index contributed by atoms with van der Waals surface area (Å²) in [5.41, 5.74) is 2.62. The van der Waals surface area contributed by atoms with Gasteiger partial charge in [-0.05, 0) is 58.1 Å². The smallest absolute Gasteiger partial charge is 0.271 e. The number of sulfonamides is 1. The maximum absolute atomic E-state index is 12.3. The van der Waals surface area contributed by atoms with Crippen LogP contribution < -0.4 is 4.72 Å². The molecule has 0 aliphatic rings. The molecule has 1 aromatic carbocycles. The highest BCUT2D eigenvalue weighted by atomic mass is 79.9. The molecule has 2 aromatic rings. The van der Waals surface area contributed by atoms with E-state index in [1.807, 2.05) is 25.1 Å². The monoisotopic (exact) mass is 373 g/mol. The van der Waals surface area contributed by atoms with Crippen LogP contribution in [-0.4, -0.2) is 8.42 Å². The Labute approximate surface area is 132 Å². The van der Waals surface area contributed by atoms with Crippen LogP contribution in [0.4, 0.5) is 5.69 Å². The quantitative estimate of drug-likeness (QED) is 0.840. The Bertz CT molecular complexity index is 701. The van der Waals surface area contributed by atoms with E-state index in [2.05, 4.69) is 34.5 Å². The average molecular weight is 374 g/mol. The van der Waals surface area contributed by atoms with Crippen molar-refractivity contribution in [3.05, 3.63) is 45.2 Å². The minimum atomic E-state index is -3.52. The Morgan fingerprint density at radius 3 is 2.50 bits per heavy atom. The van der Waals surface area contributed by atoms with Crippen LogP contribution >= 0.6 is 27.3 Å². The summed E-state index contributed by atoms with van der Waals surface area (Å²) in [5, 5.41) is 0. The SMILES string of the molecule is Cc1cc(S(=O)(=O)Nc2cccc(C(C)C)c2)sc1Br. The van der Waals surface area contributed by atoms with Crippen LogP contribution in [0.15, 0.2) is 38.3 Å². The van der Waals surface area contributed by atoms with Crippen molar-refractivity contribution < 1.29 is 8.42 Å². The van der Waals surface area contributed by atoms with E-state index < -0.39 is 10.0 Å². The topological polar surface area (TPSA) is 46.2 Å². The summed E-state index contributed by atoms with van der Waals surface area (Å²) < 4.78 is 28.4. The first-order valence-corrected chi connectivity index (χ1v) is 9.27. The van der Waals surface area contributed by atoms with Gasteiger partial charge in [-0.3, -0.25) is 4.72 Å². The molecule has 0 bridgehead atoms. The van der Waals surface area contributed by atoms with Gasteiger partial charge in [-0.1, -0.05) is 26.0 Å². The molecule has 0 saturated carbocycles. The lowest BCUT2D eigenvalue weighted by Gasteiger charge is -2.10. The second-order valence-electron chi connectivity index (χ2n) is 4.91. The van der Waals surface area contributed by atoms with E-state index in [1.54, 1.807) is 12.1 Å². The van der Waals surface area contributed by atoms with Gasteiger partial charge in [-0.15, -0.1) is 11.3 Å². The Morgan fingerprint density at radius 2 is 1.95 bits per heavy atom. The molecule has 3 nitrogen and oxygen atoms in total. The molecule has 0 amide bonds. The molecule has 0 unspecified atom stereocenters. The van der Waals surface area contributed by atoms with Crippen LogP contribution in [0.1, 0.15) is 30.9 Å².